The molecule has 2 aliphatic heterocycles. The Morgan fingerprint density at radius 3 is 2.14 bits per heavy atom. The van der Waals surface area contributed by atoms with E-state index in [-0.39, 0.29) is 24.1 Å². The summed E-state index contributed by atoms with van der Waals surface area (Å²) in [5.74, 6) is -3.23. The number of carbonyl (C=O) groups excluding carboxylic acids is 3. The van der Waals surface area contributed by atoms with E-state index in [0.29, 0.717) is 0 Å². The van der Waals surface area contributed by atoms with Crippen LogP contribution in [0.5, 0.6) is 0 Å². The number of fused-ring (bicyclic) bond motifs is 1. The molecule has 0 bridgehead atoms. The van der Waals surface area contributed by atoms with Crippen LogP contribution in [0.25, 0.3) is 11.1 Å². The van der Waals surface area contributed by atoms with Crippen LogP contribution in [0, 0.1) is 17.7 Å². The van der Waals surface area contributed by atoms with Gasteiger partial charge in [0.05, 0.1) is 18.9 Å². The summed E-state index contributed by atoms with van der Waals surface area (Å²) < 4.78 is 18.5. The first-order chi connectivity index (χ1) is 16.9. The highest BCUT2D eigenvalue weighted by molar-refractivity contribution is 6.09. The molecule has 3 aromatic carbocycles. The number of hydrogen-bond acceptors (Lipinski definition) is 5. The third-order valence-electron chi connectivity index (χ3n) is 7.20. The van der Waals surface area contributed by atoms with Gasteiger partial charge in [-0.3, -0.25) is 24.6 Å². The average Bonchev–Trinajstić information content (AvgIpc) is 3.34. The van der Waals surface area contributed by atoms with E-state index in [1.807, 2.05) is 54.6 Å². The number of amides is 2. The monoisotopic (exact) mass is 472 g/mol. The molecule has 178 valence electrons. The summed E-state index contributed by atoms with van der Waals surface area (Å²) in [6, 6.07) is 22.5. The Balaban J connectivity index is 1.56. The molecule has 6 nitrogen and oxygen atoms in total. The van der Waals surface area contributed by atoms with E-state index >= 15 is 0 Å². The Labute approximate surface area is 202 Å². The van der Waals surface area contributed by atoms with Gasteiger partial charge in [0, 0.05) is 19.5 Å². The number of carbonyl (C=O) groups is 3. The molecule has 0 radical (unpaired) electrons. The van der Waals surface area contributed by atoms with E-state index in [0.717, 1.165) is 27.2 Å². The fourth-order valence-electron chi connectivity index (χ4n) is 5.48. The smallest absolute Gasteiger partial charge is 0.327 e. The van der Waals surface area contributed by atoms with E-state index in [2.05, 4.69) is 5.32 Å². The lowest BCUT2D eigenvalue weighted by atomic mass is 9.76. The zero-order valence-electron chi connectivity index (χ0n) is 19.4. The van der Waals surface area contributed by atoms with Crippen LogP contribution in [0.3, 0.4) is 0 Å². The van der Waals surface area contributed by atoms with Crippen LogP contribution in [0.15, 0.2) is 78.9 Å². The summed E-state index contributed by atoms with van der Waals surface area (Å²) in [6.07, 6.45) is 0.207. The van der Waals surface area contributed by atoms with Crippen LogP contribution >= 0.6 is 0 Å². The zero-order chi connectivity index (χ0) is 24.7. The number of methoxy groups -OCH3 is 1. The van der Waals surface area contributed by atoms with Gasteiger partial charge >= 0.3 is 5.97 Å². The van der Waals surface area contributed by atoms with Crippen molar-refractivity contribution in [3.05, 3.63) is 95.8 Å². The van der Waals surface area contributed by atoms with Crippen molar-refractivity contribution in [3.8, 4) is 11.1 Å². The predicted octanol–water partition coefficient (Wildman–Crippen LogP) is 3.52. The highest BCUT2D eigenvalue weighted by Crippen LogP contribution is 2.50. The van der Waals surface area contributed by atoms with Crippen molar-refractivity contribution in [2.45, 2.75) is 18.0 Å². The summed E-state index contributed by atoms with van der Waals surface area (Å²) in [5, 5.41) is 3.38. The Morgan fingerprint density at radius 2 is 1.54 bits per heavy atom. The molecule has 3 aromatic rings. The Morgan fingerprint density at radius 1 is 0.943 bits per heavy atom. The quantitative estimate of drug-likeness (QED) is 0.454. The lowest BCUT2D eigenvalue weighted by Gasteiger charge is -2.32. The summed E-state index contributed by atoms with van der Waals surface area (Å²) in [5.41, 5.74) is 1.98. The molecule has 0 aliphatic carbocycles. The van der Waals surface area contributed by atoms with Crippen molar-refractivity contribution in [1.82, 2.24) is 10.2 Å². The molecule has 2 heterocycles. The number of benzene rings is 3. The minimum absolute atomic E-state index is 0.207. The topological polar surface area (TPSA) is 75.7 Å². The second-order valence-electron chi connectivity index (χ2n) is 9.12. The van der Waals surface area contributed by atoms with Gasteiger partial charge in [0.25, 0.3) is 0 Å². The summed E-state index contributed by atoms with van der Waals surface area (Å²) in [7, 11) is 2.75. The summed E-state index contributed by atoms with van der Waals surface area (Å²) >= 11 is 0. The molecule has 4 atom stereocenters. The maximum atomic E-state index is 13.3. The van der Waals surface area contributed by atoms with Gasteiger partial charge in [-0.1, -0.05) is 66.7 Å². The van der Waals surface area contributed by atoms with Gasteiger partial charge in [0.2, 0.25) is 11.8 Å². The molecule has 2 aliphatic rings. The number of likely N-dealkylation sites (tertiary alicyclic amines) is 1. The molecular formula is C28H25FN2O4. The van der Waals surface area contributed by atoms with Crippen molar-refractivity contribution in [3.63, 3.8) is 0 Å². The zero-order valence-corrected chi connectivity index (χ0v) is 19.4. The molecule has 0 aromatic heterocycles. The lowest BCUT2D eigenvalue weighted by molar-refractivity contribution is -0.153. The number of rotatable bonds is 5. The molecule has 7 heteroatoms. The van der Waals surface area contributed by atoms with Gasteiger partial charge < -0.3 is 4.74 Å². The number of halogens is 1. The highest BCUT2D eigenvalue weighted by atomic mass is 19.1. The summed E-state index contributed by atoms with van der Waals surface area (Å²) in [4.78, 5) is 40.9. The lowest BCUT2D eigenvalue weighted by Crippen LogP contribution is -2.57. The second-order valence-corrected chi connectivity index (χ2v) is 9.12. The third kappa shape index (κ3) is 3.72. The number of hydrogen-bond donors (Lipinski definition) is 1. The van der Waals surface area contributed by atoms with Crippen LogP contribution in [-0.4, -0.2) is 42.4 Å². The third-order valence-corrected chi connectivity index (χ3v) is 7.20. The van der Waals surface area contributed by atoms with Gasteiger partial charge in [0.15, 0.2) is 0 Å². The maximum Gasteiger partial charge on any atom is 0.327 e. The van der Waals surface area contributed by atoms with E-state index in [1.54, 1.807) is 12.1 Å². The molecule has 1 N–H and O–H groups in total. The minimum atomic E-state index is -1.39. The van der Waals surface area contributed by atoms with Gasteiger partial charge in [-0.05, 0) is 34.4 Å². The Hall–Kier alpha value is -3.84. The fraction of sp³-hybridized carbons (Fsp3) is 0.250. The average molecular weight is 473 g/mol. The fourth-order valence-corrected chi connectivity index (χ4v) is 5.48. The SMILES string of the molecule is COC(=O)[C@]1(Cc2ccccc2)N[C@H](c2ccc(-c3ccc(F)cc3)cc2)[C@@H]2C(=O)N(C)C(=O)[C@@H]21. The Kier molecular flexibility index (Phi) is 5.73. The summed E-state index contributed by atoms with van der Waals surface area (Å²) in [6.45, 7) is 0. The number of nitrogens with zero attached hydrogens (tertiary/aromatic N) is 1. The van der Waals surface area contributed by atoms with Crippen LogP contribution in [-0.2, 0) is 25.5 Å². The standard InChI is InChI=1S/C28H25FN2O4/c1-31-25(32)22-23(26(31)33)28(27(34)35-2,16-17-6-4-3-5-7-17)30-24(22)20-10-8-18(9-11-20)19-12-14-21(29)15-13-19/h3-15,22-24,30H,16H2,1-2H3/t22-,23-,24-,28-/m1/s1. The van der Waals surface area contributed by atoms with Gasteiger partial charge in [0.1, 0.15) is 11.4 Å². The van der Waals surface area contributed by atoms with E-state index in [1.165, 1.54) is 26.3 Å². The number of esters is 1. The highest BCUT2D eigenvalue weighted by Gasteiger charge is 2.68. The van der Waals surface area contributed by atoms with Crippen molar-refractivity contribution >= 4 is 17.8 Å². The molecule has 2 amide bonds. The number of nitrogens with one attached hydrogen (secondary N) is 1. The van der Waals surface area contributed by atoms with Crippen molar-refractivity contribution < 1.29 is 23.5 Å². The first-order valence-corrected chi connectivity index (χ1v) is 11.4. The van der Waals surface area contributed by atoms with Gasteiger partial charge in [-0.2, -0.15) is 0 Å². The number of ether oxygens (including phenoxy) is 1. The van der Waals surface area contributed by atoms with Crippen LogP contribution in [0.4, 0.5) is 4.39 Å². The minimum Gasteiger partial charge on any atom is -0.468 e. The second kappa shape index (κ2) is 8.74. The maximum absolute atomic E-state index is 13.3. The molecule has 2 saturated heterocycles. The molecule has 0 saturated carbocycles. The molecule has 5 rings (SSSR count). The van der Waals surface area contributed by atoms with Crippen molar-refractivity contribution in [1.29, 1.82) is 0 Å². The van der Waals surface area contributed by atoms with Crippen LogP contribution in [0.2, 0.25) is 0 Å². The first kappa shape index (κ1) is 22.9. The molecule has 0 unspecified atom stereocenters. The first-order valence-electron chi connectivity index (χ1n) is 11.4. The molecule has 0 spiro atoms. The van der Waals surface area contributed by atoms with Crippen molar-refractivity contribution in [2.24, 2.45) is 11.8 Å². The van der Waals surface area contributed by atoms with Gasteiger partial charge in [-0.25, -0.2) is 4.39 Å². The molecular weight excluding hydrogens is 447 g/mol. The van der Waals surface area contributed by atoms with E-state index in [9.17, 15) is 18.8 Å². The Bertz CT molecular complexity index is 1280. The molecule has 35 heavy (non-hydrogen) atoms. The van der Waals surface area contributed by atoms with Gasteiger partial charge in [-0.15, -0.1) is 0 Å². The van der Waals surface area contributed by atoms with E-state index < -0.39 is 29.4 Å². The van der Waals surface area contributed by atoms with Crippen LogP contribution in [0.1, 0.15) is 17.2 Å². The van der Waals surface area contributed by atoms with Crippen molar-refractivity contribution in [2.75, 3.05) is 14.2 Å². The largest absolute Gasteiger partial charge is 0.468 e. The van der Waals surface area contributed by atoms with Crippen LogP contribution < -0.4 is 5.32 Å². The number of imide groups is 1. The normalized spacial score (nSPS) is 25.6. The van der Waals surface area contributed by atoms with E-state index in [4.69, 9.17) is 4.74 Å². The molecule has 2 fully saturated rings. The predicted molar refractivity (Wildman–Crippen MR) is 127 cm³/mol.